The van der Waals surface area contributed by atoms with Crippen LogP contribution in [0.4, 0.5) is 4.39 Å². The highest BCUT2D eigenvalue weighted by molar-refractivity contribution is 5.87. The molecule has 4 rings (SSSR count). The standard InChI is InChI=1S/C27H40FN5O3/c1-4-20(21-10-11-23(28)24(15-21)36-18-19-8-9-19)17-33-22(16-30-32-33)7-5-6-14-29-26(2)12-13-27(3,35)31-25(26)34/h10-11,15-16,19-20,29,35H,4-9,12-14,17-18H2,1-3H3,(H,31,34). The minimum atomic E-state index is -1.13. The Kier molecular flexibility index (Phi) is 8.30. The third kappa shape index (κ3) is 6.82. The number of aryl methyl sites for hydroxylation is 1. The van der Waals surface area contributed by atoms with E-state index in [0.717, 1.165) is 36.9 Å². The summed E-state index contributed by atoms with van der Waals surface area (Å²) in [5.41, 5.74) is 0.335. The van der Waals surface area contributed by atoms with Gasteiger partial charge >= 0.3 is 0 Å². The molecule has 0 bridgehead atoms. The molecule has 1 aliphatic heterocycles. The molecule has 1 saturated heterocycles. The van der Waals surface area contributed by atoms with Crippen molar-refractivity contribution in [2.75, 3.05) is 13.2 Å². The smallest absolute Gasteiger partial charge is 0.242 e. The molecule has 1 amide bonds. The van der Waals surface area contributed by atoms with Crippen LogP contribution in [-0.4, -0.2) is 50.4 Å². The van der Waals surface area contributed by atoms with Crippen LogP contribution in [0.1, 0.15) is 82.9 Å². The number of carbonyl (C=O) groups is 1. The molecule has 1 aromatic heterocycles. The van der Waals surface area contributed by atoms with Gasteiger partial charge in [-0.05, 0) is 95.4 Å². The van der Waals surface area contributed by atoms with Crippen LogP contribution in [0.25, 0.3) is 0 Å². The zero-order valence-electron chi connectivity index (χ0n) is 21.7. The van der Waals surface area contributed by atoms with Crippen molar-refractivity contribution in [1.82, 2.24) is 25.6 Å². The molecule has 2 aliphatic rings. The molecule has 1 saturated carbocycles. The predicted molar refractivity (Wildman–Crippen MR) is 135 cm³/mol. The van der Waals surface area contributed by atoms with Gasteiger partial charge < -0.3 is 20.5 Å². The molecule has 1 aromatic carbocycles. The van der Waals surface area contributed by atoms with E-state index in [1.807, 2.05) is 29.9 Å². The number of nitrogens with one attached hydrogen (secondary N) is 2. The van der Waals surface area contributed by atoms with Crippen LogP contribution in [0.5, 0.6) is 5.75 Å². The highest BCUT2D eigenvalue weighted by Crippen LogP contribution is 2.32. The number of nitrogens with zero attached hydrogens (tertiary/aromatic N) is 3. The summed E-state index contributed by atoms with van der Waals surface area (Å²) in [6, 6.07) is 5.19. The average molecular weight is 502 g/mol. The SMILES string of the molecule is CCC(Cn1nncc1CCCCNC1(C)CCC(C)(O)NC1=O)c1ccc(F)c(OCC2CC2)c1. The maximum atomic E-state index is 14.3. The van der Waals surface area contributed by atoms with Gasteiger partial charge in [0.25, 0.3) is 0 Å². The second kappa shape index (κ2) is 11.3. The number of carbonyl (C=O) groups excluding carboxylic acids is 1. The van der Waals surface area contributed by atoms with Gasteiger partial charge in [0.15, 0.2) is 11.6 Å². The van der Waals surface area contributed by atoms with Gasteiger partial charge in [-0.25, -0.2) is 9.07 Å². The van der Waals surface area contributed by atoms with Crippen LogP contribution in [0.15, 0.2) is 24.4 Å². The van der Waals surface area contributed by atoms with E-state index in [1.165, 1.54) is 18.9 Å². The van der Waals surface area contributed by atoms with E-state index in [4.69, 9.17) is 4.74 Å². The van der Waals surface area contributed by atoms with Gasteiger partial charge in [0.1, 0.15) is 5.72 Å². The molecule has 2 heterocycles. The number of halogens is 1. The van der Waals surface area contributed by atoms with E-state index in [1.54, 1.807) is 6.92 Å². The Morgan fingerprint density at radius 1 is 1.31 bits per heavy atom. The van der Waals surface area contributed by atoms with E-state index < -0.39 is 11.3 Å². The molecule has 2 aromatic rings. The molecule has 36 heavy (non-hydrogen) atoms. The van der Waals surface area contributed by atoms with Crippen molar-refractivity contribution in [2.24, 2.45) is 5.92 Å². The first-order valence-corrected chi connectivity index (χ1v) is 13.3. The van der Waals surface area contributed by atoms with Crippen molar-refractivity contribution < 1.29 is 19.0 Å². The fraction of sp³-hybridized carbons (Fsp3) is 0.667. The average Bonchev–Trinajstić information content (AvgIpc) is 3.57. The van der Waals surface area contributed by atoms with Crippen molar-refractivity contribution in [3.05, 3.63) is 41.5 Å². The first-order valence-electron chi connectivity index (χ1n) is 13.3. The molecule has 1 aliphatic carbocycles. The third-order valence-electron chi connectivity index (χ3n) is 7.55. The minimum Gasteiger partial charge on any atom is -0.490 e. The molecule has 0 radical (unpaired) electrons. The van der Waals surface area contributed by atoms with Crippen molar-refractivity contribution in [3.8, 4) is 5.75 Å². The van der Waals surface area contributed by atoms with Crippen LogP contribution in [0.3, 0.4) is 0 Å². The lowest BCUT2D eigenvalue weighted by molar-refractivity contribution is -0.140. The van der Waals surface area contributed by atoms with E-state index in [9.17, 15) is 14.3 Å². The van der Waals surface area contributed by atoms with Gasteiger partial charge in [-0.3, -0.25) is 4.79 Å². The molecule has 198 valence electrons. The number of unbranched alkanes of at least 4 members (excludes halogenated alkanes) is 1. The Morgan fingerprint density at radius 3 is 2.83 bits per heavy atom. The van der Waals surface area contributed by atoms with E-state index >= 15 is 0 Å². The molecule has 0 spiro atoms. The van der Waals surface area contributed by atoms with Gasteiger partial charge in [0.05, 0.1) is 24.0 Å². The summed E-state index contributed by atoms with van der Waals surface area (Å²) < 4.78 is 22.0. The van der Waals surface area contributed by atoms with Crippen LogP contribution in [-0.2, 0) is 17.8 Å². The molecule has 3 N–H and O–H groups in total. The highest BCUT2D eigenvalue weighted by atomic mass is 19.1. The monoisotopic (exact) mass is 501 g/mol. The first kappa shape index (κ1) is 26.5. The minimum absolute atomic E-state index is 0.159. The Hall–Kier alpha value is -2.52. The lowest BCUT2D eigenvalue weighted by Crippen LogP contribution is -2.64. The number of ether oxygens (including phenoxy) is 1. The lowest BCUT2D eigenvalue weighted by atomic mass is 9.86. The number of hydrogen-bond donors (Lipinski definition) is 3. The summed E-state index contributed by atoms with van der Waals surface area (Å²) in [7, 11) is 0. The van der Waals surface area contributed by atoms with Gasteiger partial charge in [0.2, 0.25) is 5.91 Å². The quantitative estimate of drug-likeness (QED) is 0.362. The zero-order chi connectivity index (χ0) is 25.8. The number of benzene rings is 1. The van der Waals surface area contributed by atoms with Crippen LogP contribution in [0, 0.1) is 11.7 Å². The maximum absolute atomic E-state index is 14.3. The Balaban J connectivity index is 1.27. The molecular weight excluding hydrogens is 461 g/mol. The van der Waals surface area contributed by atoms with Crippen molar-refractivity contribution in [1.29, 1.82) is 0 Å². The van der Waals surface area contributed by atoms with Gasteiger partial charge in [0, 0.05) is 12.5 Å². The van der Waals surface area contributed by atoms with E-state index in [2.05, 4.69) is 27.9 Å². The van der Waals surface area contributed by atoms with Crippen molar-refractivity contribution in [3.63, 3.8) is 0 Å². The normalized spacial score (nSPS) is 25.0. The van der Waals surface area contributed by atoms with Crippen LogP contribution >= 0.6 is 0 Å². The number of rotatable bonds is 13. The molecule has 3 unspecified atom stereocenters. The number of aromatic nitrogens is 3. The fourth-order valence-corrected chi connectivity index (χ4v) is 4.70. The maximum Gasteiger partial charge on any atom is 0.242 e. The molecule has 9 heteroatoms. The molecular formula is C27H40FN5O3. The summed E-state index contributed by atoms with van der Waals surface area (Å²) in [4.78, 5) is 12.4. The van der Waals surface area contributed by atoms with E-state index in [-0.39, 0.29) is 17.6 Å². The molecule has 3 atom stereocenters. The van der Waals surface area contributed by atoms with Gasteiger partial charge in [-0.2, -0.15) is 0 Å². The number of hydrogen-bond acceptors (Lipinski definition) is 6. The number of amides is 1. The summed E-state index contributed by atoms with van der Waals surface area (Å²) >= 11 is 0. The molecule has 2 fully saturated rings. The first-order chi connectivity index (χ1) is 17.2. The van der Waals surface area contributed by atoms with Gasteiger partial charge in [-0.15, -0.1) is 5.10 Å². The summed E-state index contributed by atoms with van der Waals surface area (Å²) in [5.74, 6) is 0.621. The van der Waals surface area contributed by atoms with Crippen LogP contribution < -0.4 is 15.4 Å². The largest absolute Gasteiger partial charge is 0.490 e. The predicted octanol–water partition coefficient (Wildman–Crippen LogP) is 3.69. The highest BCUT2D eigenvalue weighted by Gasteiger charge is 2.42. The Morgan fingerprint density at radius 2 is 2.11 bits per heavy atom. The van der Waals surface area contributed by atoms with Crippen molar-refractivity contribution in [2.45, 2.75) is 95.9 Å². The summed E-state index contributed by atoms with van der Waals surface area (Å²) in [6.45, 7) is 7.62. The fourth-order valence-electron chi connectivity index (χ4n) is 4.70. The number of piperidine rings is 1. The zero-order valence-corrected chi connectivity index (χ0v) is 21.7. The van der Waals surface area contributed by atoms with Gasteiger partial charge in [-0.1, -0.05) is 18.2 Å². The van der Waals surface area contributed by atoms with Crippen molar-refractivity contribution >= 4 is 5.91 Å². The summed E-state index contributed by atoms with van der Waals surface area (Å²) in [5, 5.41) is 24.5. The Bertz CT molecular complexity index is 1040. The second-order valence-corrected chi connectivity index (χ2v) is 10.9. The summed E-state index contributed by atoms with van der Waals surface area (Å²) in [6.07, 6.45) is 8.83. The van der Waals surface area contributed by atoms with Crippen LogP contribution in [0.2, 0.25) is 0 Å². The lowest BCUT2D eigenvalue weighted by Gasteiger charge is -2.40. The van der Waals surface area contributed by atoms with E-state index in [0.29, 0.717) is 44.2 Å². The third-order valence-corrected chi connectivity index (χ3v) is 7.55. The number of aliphatic hydroxyl groups is 1. The topological polar surface area (TPSA) is 101 Å². The Labute approximate surface area is 213 Å². The second-order valence-electron chi connectivity index (χ2n) is 10.9. The molecule has 8 nitrogen and oxygen atoms in total.